The first kappa shape index (κ1) is 15.2. The van der Waals surface area contributed by atoms with Crippen LogP contribution in [0, 0.1) is 11.6 Å². The molecule has 0 atom stereocenters. The van der Waals surface area contributed by atoms with E-state index in [4.69, 9.17) is 11.6 Å². The Morgan fingerprint density at radius 1 is 1.15 bits per heavy atom. The summed E-state index contributed by atoms with van der Waals surface area (Å²) in [6.45, 7) is 0. The molecule has 1 N–H and O–H groups in total. The average Bonchev–Trinajstić information content (AvgIpc) is 2.38. The largest absolute Gasteiger partial charge is 0.277 e. The van der Waals surface area contributed by atoms with Crippen molar-refractivity contribution in [1.82, 2.24) is 0 Å². The lowest BCUT2D eigenvalue weighted by atomic mass is 10.3. The number of sulfonamides is 1. The number of hydrogen-bond acceptors (Lipinski definition) is 2. The van der Waals surface area contributed by atoms with E-state index in [1.807, 2.05) is 4.72 Å². The lowest BCUT2D eigenvalue weighted by molar-refractivity contribution is 0.511. The van der Waals surface area contributed by atoms with Gasteiger partial charge in [0, 0.05) is 4.47 Å². The first-order valence-corrected chi connectivity index (χ1v) is 7.88. The molecule has 0 aliphatic carbocycles. The topological polar surface area (TPSA) is 46.2 Å². The molecule has 106 valence electrons. The van der Waals surface area contributed by atoms with Crippen LogP contribution >= 0.6 is 27.5 Å². The monoisotopic (exact) mass is 381 g/mol. The molecule has 0 aromatic heterocycles. The van der Waals surface area contributed by atoms with Crippen LogP contribution in [0.3, 0.4) is 0 Å². The van der Waals surface area contributed by atoms with E-state index >= 15 is 0 Å². The van der Waals surface area contributed by atoms with Crippen LogP contribution in [0.4, 0.5) is 14.5 Å². The number of halogens is 4. The molecule has 0 bridgehead atoms. The molecule has 0 saturated heterocycles. The van der Waals surface area contributed by atoms with E-state index in [-0.39, 0.29) is 9.92 Å². The minimum absolute atomic E-state index is 0.158. The summed E-state index contributed by atoms with van der Waals surface area (Å²) in [5.41, 5.74) is -0.468. The predicted molar refractivity (Wildman–Crippen MR) is 76.3 cm³/mol. The van der Waals surface area contributed by atoms with Crippen molar-refractivity contribution in [2.45, 2.75) is 4.90 Å². The van der Waals surface area contributed by atoms with Crippen molar-refractivity contribution in [3.05, 3.63) is 57.5 Å². The molecule has 0 fully saturated rings. The van der Waals surface area contributed by atoms with Gasteiger partial charge in [-0.3, -0.25) is 4.72 Å². The number of nitrogens with one attached hydrogen (secondary N) is 1. The summed E-state index contributed by atoms with van der Waals surface area (Å²) in [5.74, 6) is -2.40. The highest BCUT2D eigenvalue weighted by Gasteiger charge is 2.18. The van der Waals surface area contributed by atoms with E-state index in [2.05, 4.69) is 15.9 Å². The van der Waals surface area contributed by atoms with Gasteiger partial charge in [0.2, 0.25) is 0 Å². The van der Waals surface area contributed by atoms with Crippen LogP contribution < -0.4 is 4.72 Å². The van der Waals surface area contributed by atoms with Crippen molar-refractivity contribution in [1.29, 1.82) is 0 Å². The molecule has 0 amide bonds. The first-order chi connectivity index (χ1) is 9.31. The van der Waals surface area contributed by atoms with Gasteiger partial charge in [-0.05, 0) is 46.3 Å². The number of benzene rings is 2. The molecule has 0 spiro atoms. The van der Waals surface area contributed by atoms with E-state index in [9.17, 15) is 17.2 Å². The molecule has 20 heavy (non-hydrogen) atoms. The fourth-order valence-electron chi connectivity index (χ4n) is 1.43. The molecule has 0 aliphatic heterocycles. The van der Waals surface area contributed by atoms with Gasteiger partial charge in [0.25, 0.3) is 10.0 Å². The summed E-state index contributed by atoms with van der Waals surface area (Å²) in [6.07, 6.45) is 0. The number of anilines is 1. The zero-order chi connectivity index (χ0) is 14.9. The van der Waals surface area contributed by atoms with Crippen LogP contribution in [-0.2, 0) is 10.0 Å². The minimum Gasteiger partial charge on any atom is -0.277 e. The molecule has 0 saturated carbocycles. The van der Waals surface area contributed by atoms with Crippen molar-refractivity contribution in [2.75, 3.05) is 4.72 Å². The van der Waals surface area contributed by atoms with Gasteiger partial charge in [-0.25, -0.2) is 17.2 Å². The SMILES string of the molecule is O=S(=O)(Nc1cccc(F)c1F)c1ccc(Br)c(Cl)c1. The maximum Gasteiger partial charge on any atom is 0.262 e. The third-order valence-corrected chi connectivity index (χ3v) is 4.99. The lowest BCUT2D eigenvalue weighted by Gasteiger charge is -2.09. The molecule has 0 aliphatic rings. The summed E-state index contributed by atoms with van der Waals surface area (Å²) in [5, 5.41) is 0.188. The van der Waals surface area contributed by atoms with Gasteiger partial charge in [0.1, 0.15) is 0 Å². The highest BCUT2D eigenvalue weighted by molar-refractivity contribution is 9.10. The Morgan fingerprint density at radius 2 is 1.85 bits per heavy atom. The Bertz CT molecular complexity index is 768. The highest BCUT2D eigenvalue weighted by atomic mass is 79.9. The predicted octanol–water partition coefficient (Wildman–Crippen LogP) is 4.18. The maximum atomic E-state index is 13.5. The third kappa shape index (κ3) is 3.11. The van der Waals surface area contributed by atoms with Crippen LogP contribution in [0.15, 0.2) is 45.8 Å². The Hall–Kier alpha value is -1.18. The van der Waals surface area contributed by atoms with Crippen molar-refractivity contribution in [3.8, 4) is 0 Å². The molecule has 2 rings (SSSR count). The fraction of sp³-hybridized carbons (Fsp3) is 0. The Balaban J connectivity index is 2.41. The quantitative estimate of drug-likeness (QED) is 0.865. The van der Waals surface area contributed by atoms with E-state index in [1.165, 1.54) is 24.3 Å². The highest BCUT2D eigenvalue weighted by Crippen LogP contribution is 2.27. The maximum absolute atomic E-state index is 13.5. The molecular weight excluding hydrogens is 376 g/mol. The summed E-state index contributed by atoms with van der Waals surface area (Å²) in [4.78, 5) is -0.158. The van der Waals surface area contributed by atoms with Crippen LogP contribution in [0.25, 0.3) is 0 Å². The van der Waals surface area contributed by atoms with Gasteiger partial charge in [-0.15, -0.1) is 0 Å². The average molecular weight is 383 g/mol. The van der Waals surface area contributed by atoms with E-state index in [0.29, 0.717) is 4.47 Å². The zero-order valence-corrected chi connectivity index (χ0v) is 12.9. The van der Waals surface area contributed by atoms with Gasteiger partial charge < -0.3 is 0 Å². The second-order valence-corrected chi connectivity index (χ2v) is 6.73. The Morgan fingerprint density at radius 3 is 2.50 bits per heavy atom. The van der Waals surface area contributed by atoms with E-state index < -0.39 is 27.3 Å². The van der Waals surface area contributed by atoms with Crippen LogP contribution in [0.5, 0.6) is 0 Å². The minimum atomic E-state index is -4.05. The van der Waals surface area contributed by atoms with Gasteiger partial charge in [0.15, 0.2) is 11.6 Å². The first-order valence-electron chi connectivity index (χ1n) is 5.23. The lowest BCUT2D eigenvalue weighted by Crippen LogP contribution is -2.14. The van der Waals surface area contributed by atoms with Gasteiger partial charge in [-0.2, -0.15) is 0 Å². The molecule has 3 nitrogen and oxygen atoms in total. The molecule has 2 aromatic rings. The molecule has 0 heterocycles. The van der Waals surface area contributed by atoms with Crippen molar-refractivity contribution < 1.29 is 17.2 Å². The summed E-state index contributed by atoms with van der Waals surface area (Å²) >= 11 is 8.93. The summed E-state index contributed by atoms with van der Waals surface area (Å²) < 4.78 is 53.1. The van der Waals surface area contributed by atoms with Crippen LogP contribution in [-0.4, -0.2) is 8.42 Å². The number of rotatable bonds is 3. The normalized spacial score (nSPS) is 11.4. The number of hydrogen-bond donors (Lipinski definition) is 1. The smallest absolute Gasteiger partial charge is 0.262 e. The molecule has 0 unspecified atom stereocenters. The van der Waals surface area contributed by atoms with Crippen LogP contribution in [0.1, 0.15) is 0 Å². The van der Waals surface area contributed by atoms with Crippen molar-refractivity contribution in [2.24, 2.45) is 0 Å². The Labute approximate surface area is 127 Å². The summed E-state index contributed by atoms with van der Waals surface area (Å²) in [7, 11) is -4.05. The van der Waals surface area contributed by atoms with E-state index in [0.717, 1.165) is 12.1 Å². The van der Waals surface area contributed by atoms with Gasteiger partial charge in [-0.1, -0.05) is 17.7 Å². The molecule has 8 heteroatoms. The van der Waals surface area contributed by atoms with Gasteiger partial charge in [0.05, 0.1) is 15.6 Å². The van der Waals surface area contributed by atoms with E-state index in [1.54, 1.807) is 0 Å². The molecule has 0 radical (unpaired) electrons. The van der Waals surface area contributed by atoms with Crippen LogP contribution in [0.2, 0.25) is 5.02 Å². The zero-order valence-electron chi connectivity index (χ0n) is 9.70. The second kappa shape index (κ2) is 5.67. The summed E-state index contributed by atoms with van der Waals surface area (Å²) in [6, 6.07) is 7.14. The standard InChI is InChI=1S/C12H7BrClF2NO2S/c13-8-5-4-7(6-9(8)14)20(18,19)17-11-3-1-2-10(15)12(11)16/h1-6,17H. The third-order valence-electron chi connectivity index (χ3n) is 2.40. The van der Waals surface area contributed by atoms with Gasteiger partial charge >= 0.3 is 0 Å². The van der Waals surface area contributed by atoms with Crippen molar-refractivity contribution in [3.63, 3.8) is 0 Å². The molecule has 2 aromatic carbocycles. The Kier molecular flexibility index (Phi) is 4.31. The second-order valence-electron chi connectivity index (χ2n) is 3.78. The molecular formula is C12H7BrClF2NO2S. The fourth-order valence-corrected chi connectivity index (χ4v) is 3.01. The van der Waals surface area contributed by atoms with Crippen molar-refractivity contribution >= 4 is 43.2 Å².